The molecule has 0 aliphatic heterocycles. The Morgan fingerprint density at radius 1 is 1.56 bits per heavy atom. The standard InChI is InChI=1S/C11H11ClN2O2/c1-6(13-7(2)15)9-5-8-3-4-10(12)14-11(8)16-9/h3-6H,1-2H3,(H,13,15). The largest absolute Gasteiger partial charge is 0.441 e. The number of furan rings is 1. The van der Waals surface area contributed by atoms with Gasteiger partial charge in [-0.2, -0.15) is 0 Å². The Hall–Kier alpha value is -1.55. The summed E-state index contributed by atoms with van der Waals surface area (Å²) in [7, 11) is 0. The fourth-order valence-corrected chi connectivity index (χ4v) is 1.64. The van der Waals surface area contributed by atoms with Crippen molar-refractivity contribution in [3.05, 3.63) is 29.1 Å². The van der Waals surface area contributed by atoms with Crippen LogP contribution in [0.1, 0.15) is 25.6 Å². The van der Waals surface area contributed by atoms with E-state index in [2.05, 4.69) is 10.3 Å². The van der Waals surface area contributed by atoms with Gasteiger partial charge in [-0.1, -0.05) is 11.6 Å². The molecule has 2 aromatic rings. The number of halogens is 1. The molecule has 16 heavy (non-hydrogen) atoms. The van der Waals surface area contributed by atoms with Crippen LogP contribution in [0.5, 0.6) is 0 Å². The van der Waals surface area contributed by atoms with Gasteiger partial charge in [-0.25, -0.2) is 4.98 Å². The molecule has 0 aliphatic rings. The van der Waals surface area contributed by atoms with Gasteiger partial charge in [0.1, 0.15) is 10.9 Å². The third kappa shape index (κ3) is 2.17. The van der Waals surface area contributed by atoms with Crippen molar-refractivity contribution in [2.24, 2.45) is 0 Å². The lowest BCUT2D eigenvalue weighted by atomic mass is 10.2. The average Bonchev–Trinajstić information content (AvgIpc) is 2.59. The monoisotopic (exact) mass is 238 g/mol. The first-order valence-corrected chi connectivity index (χ1v) is 5.27. The molecule has 4 nitrogen and oxygen atoms in total. The summed E-state index contributed by atoms with van der Waals surface area (Å²) in [6.45, 7) is 3.31. The maximum atomic E-state index is 10.9. The van der Waals surface area contributed by atoms with Crippen LogP contribution in [0.2, 0.25) is 5.15 Å². The first-order valence-electron chi connectivity index (χ1n) is 4.89. The second-order valence-electron chi connectivity index (χ2n) is 3.60. The molecule has 2 heterocycles. The molecule has 0 bridgehead atoms. The fourth-order valence-electron chi connectivity index (χ4n) is 1.50. The summed E-state index contributed by atoms with van der Waals surface area (Å²) in [6, 6.07) is 5.20. The number of hydrogen-bond donors (Lipinski definition) is 1. The number of aromatic nitrogens is 1. The Labute approximate surface area is 97.6 Å². The first kappa shape index (κ1) is 11.0. The number of carbonyl (C=O) groups excluding carboxylic acids is 1. The van der Waals surface area contributed by atoms with E-state index in [0.717, 1.165) is 5.39 Å². The van der Waals surface area contributed by atoms with E-state index in [1.54, 1.807) is 6.07 Å². The highest BCUT2D eigenvalue weighted by molar-refractivity contribution is 6.29. The topological polar surface area (TPSA) is 55.1 Å². The van der Waals surface area contributed by atoms with E-state index >= 15 is 0 Å². The zero-order valence-corrected chi connectivity index (χ0v) is 9.71. The molecule has 0 spiro atoms. The van der Waals surface area contributed by atoms with E-state index < -0.39 is 0 Å². The SMILES string of the molecule is CC(=O)NC(C)c1cc2ccc(Cl)nc2o1. The molecule has 0 aromatic carbocycles. The zero-order chi connectivity index (χ0) is 11.7. The van der Waals surface area contributed by atoms with Crippen LogP contribution < -0.4 is 5.32 Å². The van der Waals surface area contributed by atoms with Crippen LogP contribution in [-0.2, 0) is 4.79 Å². The highest BCUT2D eigenvalue weighted by Gasteiger charge is 2.12. The molecule has 0 aliphatic carbocycles. The number of hydrogen-bond acceptors (Lipinski definition) is 3. The summed E-state index contributed by atoms with van der Waals surface area (Å²) < 4.78 is 5.50. The molecule has 84 valence electrons. The average molecular weight is 239 g/mol. The minimum atomic E-state index is -0.175. The van der Waals surface area contributed by atoms with E-state index in [9.17, 15) is 4.79 Å². The first-order chi connectivity index (χ1) is 7.56. The second-order valence-corrected chi connectivity index (χ2v) is 3.99. The van der Waals surface area contributed by atoms with E-state index in [1.807, 2.05) is 19.1 Å². The van der Waals surface area contributed by atoms with Gasteiger partial charge < -0.3 is 9.73 Å². The molecular weight excluding hydrogens is 228 g/mol. The lowest BCUT2D eigenvalue weighted by Gasteiger charge is -2.07. The Kier molecular flexibility index (Phi) is 2.83. The summed E-state index contributed by atoms with van der Waals surface area (Å²) in [4.78, 5) is 15.0. The quantitative estimate of drug-likeness (QED) is 0.819. The normalized spacial score (nSPS) is 12.7. The Balaban J connectivity index is 2.35. The number of nitrogens with one attached hydrogen (secondary N) is 1. The van der Waals surface area contributed by atoms with Crippen LogP contribution in [0, 0.1) is 0 Å². The summed E-state index contributed by atoms with van der Waals surface area (Å²) in [5.41, 5.74) is 0.486. The minimum absolute atomic E-state index is 0.0982. The number of nitrogens with zero attached hydrogens (tertiary/aromatic N) is 1. The van der Waals surface area contributed by atoms with Crippen molar-refractivity contribution in [3.63, 3.8) is 0 Å². The second kappa shape index (κ2) is 4.14. The predicted molar refractivity (Wildman–Crippen MR) is 61.3 cm³/mol. The number of fused-ring (bicyclic) bond motifs is 1. The third-order valence-corrected chi connectivity index (χ3v) is 2.43. The summed E-state index contributed by atoms with van der Waals surface area (Å²) in [6.07, 6.45) is 0. The van der Waals surface area contributed by atoms with E-state index in [1.165, 1.54) is 6.92 Å². The van der Waals surface area contributed by atoms with Crippen molar-refractivity contribution >= 4 is 28.6 Å². The van der Waals surface area contributed by atoms with Crippen molar-refractivity contribution < 1.29 is 9.21 Å². The van der Waals surface area contributed by atoms with Crippen LogP contribution >= 0.6 is 11.6 Å². The van der Waals surface area contributed by atoms with E-state index in [0.29, 0.717) is 16.6 Å². The Morgan fingerprint density at radius 2 is 2.31 bits per heavy atom. The Morgan fingerprint density at radius 3 is 3.00 bits per heavy atom. The van der Waals surface area contributed by atoms with E-state index in [4.69, 9.17) is 16.0 Å². The molecule has 0 radical (unpaired) electrons. The van der Waals surface area contributed by atoms with Crippen LogP contribution in [0.15, 0.2) is 22.6 Å². The number of rotatable bonds is 2. The Bertz CT molecular complexity index is 536. The zero-order valence-electron chi connectivity index (χ0n) is 8.95. The van der Waals surface area contributed by atoms with Crippen molar-refractivity contribution in [2.45, 2.75) is 19.9 Å². The molecular formula is C11H11ClN2O2. The van der Waals surface area contributed by atoms with Gasteiger partial charge in [0.2, 0.25) is 11.6 Å². The molecule has 2 rings (SSSR count). The maximum absolute atomic E-state index is 10.9. The molecule has 5 heteroatoms. The molecule has 1 N–H and O–H groups in total. The highest BCUT2D eigenvalue weighted by atomic mass is 35.5. The molecule has 1 atom stereocenters. The van der Waals surface area contributed by atoms with Crippen molar-refractivity contribution in [3.8, 4) is 0 Å². The number of amides is 1. The summed E-state index contributed by atoms with van der Waals surface area (Å²) in [5.74, 6) is 0.568. The highest BCUT2D eigenvalue weighted by Crippen LogP contribution is 2.23. The van der Waals surface area contributed by atoms with Crippen molar-refractivity contribution in [1.82, 2.24) is 10.3 Å². The smallest absolute Gasteiger partial charge is 0.227 e. The molecule has 1 unspecified atom stereocenters. The van der Waals surface area contributed by atoms with E-state index in [-0.39, 0.29) is 11.9 Å². The van der Waals surface area contributed by atoms with Gasteiger partial charge in [-0.3, -0.25) is 4.79 Å². The van der Waals surface area contributed by atoms with Gasteiger partial charge in [-0.15, -0.1) is 0 Å². The van der Waals surface area contributed by atoms with Crippen LogP contribution in [-0.4, -0.2) is 10.9 Å². The number of pyridine rings is 1. The van der Waals surface area contributed by atoms with Crippen molar-refractivity contribution in [2.75, 3.05) is 0 Å². The lowest BCUT2D eigenvalue weighted by molar-refractivity contribution is -0.119. The molecule has 0 saturated heterocycles. The predicted octanol–water partition coefficient (Wildman–Crippen LogP) is 2.68. The van der Waals surface area contributed by atoms with Crippen molar-refractivity contribution in [1.29, 1.82) is 0 Å². The fraction of sp³-hybridized carbons (Fsp3) is 0.273. The number of carbonyl (C=O) groups is 1. The summed E-state index contributed by atoms with van der Waals surface area (Å²) in [5, 5.41) is 4.00. The van der Waals surface area contributed by atoms with Crippen LogP contribution in [0.25, 0.3) is 11.1 Å². The molecule has 2 aromatic heterocycles. The minimum Gasteiger partial charge on any atom is -0.441 e. The van der Waals surface area contributed by atoms with Crippen LogP contribution in [0.4, 0.5) is 0 Å². The van der Waals surface area contributed by atoms with Gasteiger partial charge in [0, 0.05) is 12.3 Å². The van der Waals surface area contributed by atoms with Gasteiger partial charge in [0.25, 0.3) is 0 Å². The van der Waals surface area contributed by atoms with Crippen LogP contribution in [0.3, 0.4) is 0 Å². The van der Waals surface area contributed by atoms with Gasteiger partial charge in [-0.05, 0) is 25.1 Å². The van der Waals surface area contributed by atoms with Gasteiger partial charge >= 0.3 is 0 Å². The summed E-state index contributed by atoms with van der Waals surface area (Å²) >= 11 is 5.75. The molecule has 0 fully saturated rings. The molecule has 0 saturated carbocycles. The van der Waals surface area contributed by atoms with Gasteiger partial charge in [0.05, 0.1) is 6.04 Å². The van der Waals surface area contributed by atoms with Gasteiger partial charge in [0.15, 0.2) is 0 Å². The third-order valence-electron chi connectivity index (χ3n) is 2.21. The lowest BCUT2D eigenvalue weighted by Crippen LogP contribution is -2.23. The maximum Gasteiger partial charge on any atom is 0.227 e. The molecule has 1 amide bonds.